The van der Waals surface area contributed by atoms with Crippen molar-refractivity contribution in [1.29, 1.82) is 0 Å². The molecule has 1 aromatic rings. The van der Waals surface area contributed by atoms with Crippen LogP contribution in [0.1, 0.15) is 23.7 Å². The minimum atomic E-state index is -0.148. The lowest BCUT2D eigenvalue weighted by molar-refractivity contribution is 0.0951. The first-order valence-electron chi connectivity index (χ1n) is 5.17. The van der Waals surface area contributed by atoms with E-state index in [0.29, 0.717) is 11.5 Å². The van der Waals surface area contributed by atoms with Crippen molar-refractivity contribution in [2.75, 3.05) is 6.54 Å². The van der Waals surface area contributed by atoms with E-state index in [1.165, 1.54) is 18.6 Å². The van der Waals surface area contributed by atoms with Crippen LogP contribution in [-0.4, -0.2) is 17.4 Å². The Morgan fingerprint density at radius 1 is 1.50 bits per heavy atom. The van der Waals surface area contributed by atoms with Gasteiger partial charge in [0.2, 0.25) is 0 Å². The molecule has 3 nitrogen and oxygen atoms in total. The van der Waals surface area contributed by atoms with E-state index in [2.05, 4.69) is 17.2 Å². The van der Waals surface area contributed by atoms with Crippen LogP contribution in [0.4, 0.5) is 0 Å². The van der Waals surface area contributed by atoms with Gasteiger partial charge in [0.1, 0.15) is 10.3 Å². The monoisotopic (exact) mass is 258 g/mol. The molecule has 0 bridgehead atoms. The minimum Gasteiger partial charge on any atom is -0.352 e. The van der Waals surface area contributed by atoms with Crippen molar-refractivity contribution in [3.05, 3.63) is 28.0 Å². The molecule has 1 heterocycles. The van der Waals surface area contributed by atoms with E-state index < -0.39 is 0 Å². The number of hydrogen-bond acceptors (Lipinski definition) is 2. The van der Waals surface area contributed by atoms with Crippen LogP contribution in [0.15, 0.2) is 12.1 Å². The lowest BCUT2D eigenvalue weighted by atomic mass is 10.2. The highest BCUT2D eigenvalue weighted by molar-refractivity contribution is 6.33. The summed E-state index contributed by atoms with van der Waals surface area (Å²) in [5.41, 5.74) is 0.457. The lowest BCUT2D eigenvalue weighted by Crippen LogP contribution is -2.25. The average molecular weight is 259 g/mol. The molecule has 2 atom stereocenters. The Morgan fingerprint density at radius 2 is 2.06 bits per heavy atom. The largest absolute Gasteiger partial charge is 0.352 e. The Labute approximate surface area is 104 Å². The molecule has 2 unspecified atom stereocenters. The van der Waals surface area contributed by atoms with Gasteiger partial charge < -0.3 is 5.32 Å². The molecule has 1 amide bonds. The zero-order valence-electron chi connectivity index (χ0n) is 8.84. The number of nitrogens with zero attached hydrogens (tertiary/aromatic N) is 1. The maximum atomic E-state index is 11.7. The molecular weight excluding hydrogens is 247 g/mol. The molecule has 0 spiro atoms. The average Bonchev–Trinajstić information content (AvgIpc) is 2.89. The van der Waals surface area contributed by atoms with Crippen LogP contribution in [-0.2, 0) is 0 Å². The highest BCUT2D eigenvalue weighted by Crippen LogP contribution is 2.36. The van der Waals surface area contributed by atoms with E-state index in [0.717, 1.165) is 12.5 Å². The molecule has 86 valence electrons. The van der Waals surface area contributed by atoms with E-state index in [1.807, 2.05) is 0 Å². The SMILES string of the molecule is CC1CC1CNC(=O)c1cc(Cl)nc(Cl)c1. The predicted molar refractivity (Wildman–Crippen MR) is 63.9 cm³/mol. The summed E-state index contributed by atoms with van der Waals surface area (Å²) in [5, 5.41) is 3.33. The third kappa shape index (κ3) is 2.86. The zero-order chi connectivity index (χ0) is 11.7. The zero-order valence-corrected chi connectivity index (χ0v) is 10.3. The molecule has 1 fully saturated rings. The summed E-state index contributed by atoms with van der Waals surface area (Å²) >= 11 is 11.4. The van der Waals surface area contributed by atoms with Crippen LogP contribution in [0, 0.1) is 11.8 Å². The normalized spacial score (nSPS) is 22.9. The van der Waals surface area contributed by atoms with Crippen molar-refractivity contribution in [1.82, 2.24) is 10.3 Å². The Hall–Kier alpha value is -0.800. The number of carbonyl (C=O) groups excluding carboxylic acids is 1. The van der Waals surface area contributed by atoms with E-state index in [-0.39, 0.29) is 16.2 Å². The number of nitrogens with one attached hydrogen (secondary N) is 1. The molecule has 1 N–H and O–H groups in total. The van der Waals surface area contributed by atoms with E-state index in [9.17, 15) is 4.79 Å². The smallest absolute Gasteiger partial charge is 0.251 e. The molecule has 1 aliphatic carbocycles. The van der Waals surface area contributed by atoms with Crippen LogP contribution in [0.2, 0.25) is 10.3 Å². The molecule has 0 aliphatic heterocycles. The summed E-state index contributed by atoms with van der Waals surface area (Å²) < 4.78 is 0. The number of amides is 1. The maximum Gasteiger partial charge on any atom is 0.251 e. The second-order valence-electron chi connectivity index (χ2n) is 4.18. The molecule has 1 aromatic heterocycles. The summed E-state index contributed by atoms with van der Waals surface area (Å²) in [4.78, 5) is 15.5. The summed E-state index contributed by atoms with van der Waals surface area (Å²) in [5.74, 6) is 1.20. The van der Waals surface area contributed by atoms with Gasteiger partial charge in [0, 0.05) is 12.1 Å². The number of aromatic nitrogens is 1. The first-order chi connectivity index (χ1) is 7.56. The molecule has 0 radical (unpaired) electrons. The summed E-state index contributed by atoms with van der Waals surface area (Å²) in [7, 11) is 0. The summed E-state index contributed by atoms with van der Waals surface area (Å²) in [6, 6.07) is 3.03. The second kappa shape index (κ2) is 4.60. The molecule has 0 saturated heterocycles. The van der Waals surface area contributed by atoms with Crippen molar-refractivity contribution >= 4 is 29.1 Å². The summed E-state index contributed by atoms with van der Waals surface area (Å²) in [6.07, 6.45) is 1.19. The third-order valence-electron chi connectivity index (χ3n) is 2.83. The minimum absolute atomic E-state index is 0.148. The van der Waals surface area contributed by atoms with Crippen LogP contribution < -0.4 is 5.32 Å². The number of carbonyl (C=O) groups is 1. The molecular formula is C11H12Cl2N2O. The van der Waals surface area contributed by atoms with Gasteiger partial charge >= 0.3 is 0 Å². The van der Waals surface area contributed by atoms with Crippen molar-refractivity contribution < 1.29 is 4.79 Å². The van der Waals surface area contributed by atoms with Crippen LogP contribution in [0.3, 0.4) is 0 Å². The maximum absolute atomic E-state index is 11.7. The van der Waals surface area contributed by atoms with Gasteiger partial charge in [-0.3, -0.25) is 4.79 Å². The molecule has 2 rings (SSSR count). The number of rotatable bonds is 3. The van der Waals surface area contributed by atoms with Crippen molar-refractivity contribution in [3.63, 3.8) is 0 Å². The highest BCUT2D eigenvalue weighted by atomic mass is 35.5. The van der Waals surface area contributed by atoms with Gasteiger partial charge in [-0.15, -0.1) is 0 Å². The van der Waals surface area contributed by atoms with Crippen molar-refractivity contribution in [2.24, 2.45) is 11.8 Å². The van der Waals surface area contributed by atoms with Gasteiger partial charge in [0.05, 0.1) is 0 Å². The highest BCUT2D eigenvalue weighted by Gasteiger charge is 2.32. The van der Waals surface area contributed by atoms with Crippen molar-refractivity contribution in [2.45, 2.75) is 13.3 Å². The van der Waals surface area contributed by atoms with E-state index in [1.54, 1.807) is 0 Å². The lowest BCUT2D eigenvalue weighted by Gasteiger charge is -2.04. The van der Waals surface area contributed by atoms with Gasteiger partial charge in [-0.1, -0.05) is 30.1 Å². The predicted octanol–water partition coefficient (Wildman–Crippen LogP) is 2.77. The Morgan fingerprint density at radius 3 is 2.56 bits per heavy atom. The first kappa shape index (κ1) is 11.7. The Kier molecular flexibility index (Phi) is 3.36. The summed E-state index contributed by atoms with van der Waals surface area (Å²) in [6.45, 7) is 2.90. The number of hydrogen-bond donors (Lipinski definition) is 1. The Bertz CT molecular complexity index is 402. The Balaban J connectivity index is 1.97. The van der Waals surface area contributed by atoms with Gasteiger partial charge in [0.15, 0.2) is 0 Å². The molecule has 16 heavy (non-hydrogen) atoms. The molecule has 5 heteroatoms. The topological polar surface area (TPSA) is 42.0 Å². The number of pyridine rings is 1. The van der Waals surface area contributed by atoms with E-state index >= 15 is 0 Å². The van der Waals surface area contributed by atoms with Crippen LogP contribution in [0.25, 0.3) is 0 Å². The number of halogens is 2. The molecule has 1 aliphatic rings. The molecule has 1 saturated carbocycles. The van der Waals surface area contributed by atoms with Gasteiger partial charge in [0.25, 0.3) is 5.91 Å². The van der Waals surface area contributed by atoms with Crippen LogP contribution >= 0.6 is 23.2 Å². The van der Waals surface area contributed by atoms with Crippen molar-refractivity contribution in [3.8, 4) is 0 Å². The fourth-order valence-corrected chi connectivity index (χ4v) is 2.07. The quantitative estimate of drug-likeness (QED) is 0.848. The standard InChI is InChI=1S/C11H12Cl2N2O/c1-6-2-8(6)5-14-11(16)7-3-9(12)15-10(13)4-7/h3-4,6,8H,2,5H2,1H3,(H,14,16). The van der Waals surface area contributed by atoms with E-state index in [4.69, 9.17) is 23.2 Å². The fourth-order valence-electron chi connectivity index (χ4n) is 1.61. The molecule has 0 aromatic carbocycles. The van der Waals surface area contributed by atoms with Gasteiger partial charge in [-0.2, -0.15) is 0 Å². The van der Waals surface area contributed by atoms with Gasteiger partial charge in [-0.05, 0) is 30.4 Å². The van der Waals surface area contributed by atoms with Crippen LogP contribution in [0.5, 0.6) is 0 Å². The first-order valence-corrected chi connectivity index (χ1v) is 5.93. The second-order valence-corrected chi connectivity index (χ2v) is 4.96. The fraction of sp³-hybridized carbons (Fsp3) is 0.455. The van der Waals surface area contributed by atoms with Gasteiger partial charge in [-0.25, -0.2) is 4.98 Å². The third-order valence-corrected chi connectivity index (χ3v) is 3.21.